The molecule has 0 radical (unpaired) electrons. The van der Waals surface area contributed by atoms with Crippen LogP contribution in [0.2, 0.25) is 0 Å². The van der Waals surface area contributed by atoms with Crippen LogP contribution in [0, 0.1) is 29.6 Å². The van der Waals surface area contributed by atoms with Gasteiger partial charge >= 0.3 is 0 Å². The summed E-state index contributed by atoms with van der Waals surface area (Å²) >= 11 is 0. The third-order valence-electron chi connectivity index (χ3n) is 8.85. The Bertz CT molecular complexity index is 787. The van der Waals surface area contributed by atoms with E-state index in [1.807, 2.05) is 18.2 Å². The number of methoxy groups -OCH3 is 1. The molecule has 5 heteroatoms. The molecule has 32 heavy (non-hydrogen) atoms. The third kappa shape index (κ3) is 4.50. The van der Waals surface area contributed by atoms with Crippen LogP contribution in [0.4, 0.5) is 0 Å². The fourth-order valence-electron chi connectivity index (χ4n) is 7.28. The van der Waals surface area contributed by atoms with Gasteiger partial charge in [-0.2, -0.15) is 0 Å². The Balaban J connectivity index is 1.20. The van der Waals surface area contributed by atoms with Crippen LogP contribution in [0.15, 0.2) is 18.2 Å². The van der Waals surface area contributed by atoms with E-state index in [4.69, 9.17) is 9.47 Å². The summed E-state index contributed by atoms with van der Waals surface area (Å²) in [5.41, 5.74) is 0.671. The van der Waals surface area contributed by atoms with Gasteiger partial charge in [-0.1, -0.05) is 0 Å². The van der Waals surface area contributed by atoms with Crippen LogP contribution >= 0.6 is 0 Å². The molecule has 6 rings (SSSR count). The van der Waals surface area contributed by atoms with E-state index in [0.717, 1.165) is 56.1 Å². The summed E-state index contributed by atoms with van der Waals surface area (Å²) in [4.78, 5) is 15.5. The van der Waals surface area contributed by atoms with Gasteiger partial charge in [-0.05, 0) is 107 Å². The lowest BCUT2D eigenvalue weighted by Gasteiger charge is -2.54. The first-order valence-corrected chi connectivity index (χ1v) is 12.9. The van der Waals surface area contributed by atoms with E-state index in [1.165, 1.54) is 32.1 Å². The van der Waals surface area contributed by atoms with Gasteiger partial charge in [0.2, 0.25) is 0 Å². The van der Waals surface area contributed by atoms with Crippen LogP contribution in [0.25, 0.3) is 0 Å². The van der Waals surface area contributed by atoms with Gasteiger partial charge in [0.05, 0.1) is 7.11 Å². The maximum atomic E-state index is 13.0. The van der Waals surface area contributed by atoms with Crippen molar-refractivity contribution in [3.63, 3.8) is 0 Å². The van der Waals surface area contributed by atoms with Crippen molar-refractivity contribution in [2.24, 2.45) is 29.6 Å². The van der Waals surface area contributed by atoms with E-state index in [2.05, 4.69) is 24.1 Å². The lowest BCUT2D eigenvalue weighted by atomic mass is 9.52. The Labute approximate surface area is 193 Å². The molecule has 1 aliphatic heterocycles. The number of benzene rings is 1. The van der Waals surface area contributed by atoms with Crippen LogP contribution in [-0.2, 0) is 0 Å². The van der Waals surface area contributed by atoms with Crippen LogP contribution in [0.3, 0.4) is 0 Å². The minimum Gasteiger partial charge on any atom is -0.493 e. The molecule has 1 saturated heterocycles. The van der Waals surface area contributed by atoms with Crippen molar-refractivity contribution in [1.29, 1.82) is 0 Å². The predicted octanol–water partition coefficient (Wildman–Crippen LogP) is 4.75. The topological polar surface area (TPSA) is 50.8 Å². The number of hydrogen-bond acceptors (Lipinski definition) is 4. The lowest BCUT2D eigenvalue weighted by Crippen LogP contribution is -2.49. The average molecular weight is 441 g/mol. The number of ether oxygens (including phenoxy) is 2. The number of piperidine rings is 1. The van der Waals surface area contributed by atoms with E-state index >= 15 is 0 Å². The van der Waals surface area contributed by atoms with Crippen molar-refractivity contribution >= 4 is 5.91 Å². The first-order chi connectivity index (χ1) is 15.5. The van der Waals surface area contributed by atoms with Crippen LogP contribution in [0.1, 0.15) is 69.2 Å². The normalized spacial score (nSPS) is 32.3. The average Bonchev–Trinajstić information content (AvgIpc) is 2.78. The lowest BCUT2D eigenvalue weighted by molar-refractivity contribution is -0.0347. The molecule has 5 aliphatic rings. The number of hydrogen-bond donors (Lipinski definition) is 1. The third-order valence-corrected chi connectivity index (χ3v) is 8.85. The number of rotatable bonds is 7. The van der Waals surface area contributed by atoms with Gasteiger partial charge in [0.15, 0.2) is 11.5 Å². The standard InChI is InChI=1S/C27H40N2O3/c1-17(2)29-8-6-23(7-9-29)32-26-15-20(4-5-25(26)31-3)27(30)28-16-24-21-11-18-10-19(13-21)14-22(24)12-18/h4-5,15,17-19,21-24H,6-14,16H2,1-3H3,(H,28,30). The minimum absolute atomic E-state index is 0.0148. The molecule has 5 fully saturated rings. The summed E-state index contributed by atoms with van der Waals surface area (Å²) in [6, 6.07) is 6.18. The molecule has 4 saturated carbocycles. The summed E-state index contributed by atoms with van der Waals surface area (Å²) in [5.74, 6) is 5.69. The maximum Gasteiger partial charge on any atom is 0.251 e. The first-order valence-electron chi connectivity index (χ1n) is 12.9. The van der Waals surface area contributed by atoms with E-state index in [1.54, 1.807) is 7.11 Å². The van der Waals surface area contributed by atoms with E-state index < -0.39 is 0 Å². The molecule has 0 unspecified atom stereocenters. The largest absolute Gasteiger partial charge is 0.493 e. The van der Waals surface area contributed by atoms with E-state index in [9.17, 15) is 4.79 Å². The highest BCUT2D eigenvalue weighted by molar-refractivity contribution is 5.94. The minimum atomic E-state index is 0.0148. The van der Waals surface area contributed by atoms with Crippen molar-refractivity contribution in [1.82, 2.24) is 10.2 Å². The monoisotopic (exact) mass is 440 g/mol. The number of nitrogens with zero attached hydrogens (tertiary/aromatic N) is 1. The molecule has 1 heterocycles. The number of carbonyl (C=O) groups excluding carboxylic acids is 1. The molecule has 1 aromatic rings. The Kier molecular flexibility index (Phi) is 6.37. The number of amides is 1. The molecule has 0 spiro atoms. The molecule has 0 atom stereocenters. The Morgan fingerprint density at radius 2 is 1.69 bits per heavy atom. The van der Waals surface area contributed by atoms with Crippen molar-refractivity contribution in [2.75, 3.05) is 26.7 Å². The molecule has 5 nitrogen and oxygen atoms in total. The second-order valence-electron chi connectivity index (χ2n) is 11.1. The summed E-state index contributed by atoms with van der Waals surface area (Å²) in [5, 5.41) is 3.27. The van der Waals surface area contributed by atoms with Gasteiger partial charge in [-0.25, -0.2) is 0 Å². The molecule has 0 aromatic heterocycles. The highest BCUT2D eigenvalue weighted by atomic mass is 16.5. The molecule has 1 N–H and O–H groups in total. The Hall–Kier alpha value is -1.75. The second kappa shape index (κ2) is 9.24. The highest BCUT2D eigenvalue weighted by Gasteiger charge is 2.47. The first kappa shape index (κ1) is 22.1. The zero-order valence-electron chi connectivity index (χ0n) is 20.0. The molecule has 176 valence electrons. The van der Waals surface area contributed by atoms with Gasteiger partial charge in [0, 0.05) is 31.2 Å². The van der Waals surface area contributed by atoms with E-state index in [-0.39, 0.29) is 12.0 Å². The molecule has 4 aliphatic carbocycles. The molecule has 4 bridgehead atoms. The van der Waals surface area contributed by atoms with Crippen molar-refractivity contribution in [2.45, 2.75) is 70.9 Å². The number of likely N-dealkylation sites (tertiary alicyclic amines) is 1. The summed E-state index contributed by atoms with van der Waals surface area (Å²) in [6.45, 7) is 7.42. The molecule has 1 amide bonds. The molecular weight excluding hydrogens is 400 g/mol. The van der Waals surface area contributed by atoms with Crippen molar-refractivity contribution in [3.05, 3.63) is 23.8 Å². The van der Waals surface area contributed by atoms with Gasteiger partial charge in [-0.3, -0.25) is 4.79 Å². The molecule has 1 aromatic carbocycles. The predicted molar refractivity (Wildman–Crippen MR) is 126 cm³/mol. The van der Waals surface area contributed by atoms with Gasteiger partial charge in [-0.15, -0.1) is 0 Å². The second-order valence-corrected chi connectivity index (χ2v) is 11.1. The Morgan fingerprint density at radius 3 is 2.28 bits per heavy atom. The zero-order valence-corrected chi connectivity index (χ0v) is 20.0. The summed E-state index contributed by atoms with van der Waals surface area (Å²) in [7, 11) is 1.66. The highest BCUT2D eigenvalue weighted by Crippen LogP contribution is 2.56. The van der Waals surface area contributed by atoms with Crippen LogP contribution < -0.4 is 14.8 Å². The quantitative estimate of drug-likeness (QED) is 0.665. The maximum absolute atomic E-state index is 13.0. The van der Waals surface area contributed by atoms with E-state index in [0.29, 0.717) is 29.0 Å². The van der Waals surface area contributed by atoms with Crippen LogP contribution in [-0.4, -0.2) is 49.7 Å². The Morgan fingerprint density at radius 1 is 1.03 bits per heavy atom. The smallest absolute Gasteiger partial charge is 0.251 e. The molecular formula is C27H40N2O3. The summed E-state index contributed by atoms with van der Waals surface area (Å²) < 4.78 is 11.9. The van der Waals surface area contributed by atoms with Gasteiger partial charge in [0.1, 0.15) is 6.10 Å². The SMILES string of the molecule is COc1ccc(C(=O)NCC2C3CC4CC(C3)CC2C4)cc1OC1CCN(C(C)C)CC1. The van der Waals surface area contributed by atoms with Crippen LogP contribution in [0.5, 0.6) is 11.5 Å². The number of nitrogens with one attached hydrogen (secondary N) is 1. The van der Waals surface area contributed by atoms with Gasteiger partial charge < -0.3 is 19.7 Å². The zero-order chi connectivity index (χ0) is 22.2. The number of carbonyl (C=O) groups is 1. The fourth-order valence-corrected chi connectivity index (χ4v) is 7.28. The van der Waals surface area contributed by atoms with Crippen molar-refractivity contribution in [3.8, 4) is 11.5 Å². The fraction of sp³-hybridized carbons (Fsp3) is 0.741. The van der Waals surface area contributed by atoms with Gasteiger partial charge in [0.25, 0.3) is 5.91 Å². The summed E-state index contributed by atoms with van der Waals surface area (Å²) in [6.07, 6.45) is 9.22. The van der Waals surface area contributed by atoms with Crippen molar-refractivity contribution < 1.29 is 14.3 Å².